The molecule has 0 unspecified atom stereocenters. The largest absolute Gasteiger partial charge is 0.457 e. The molecule has 0 aliphatic heterocycles. The number of halogens is 1. The Hall–Kier alpha value is -2.85. The summed E-state index contributed by atoms with van der Waals surface area (Å²) in [6.07, 6.45) is 3.89. The van der Waals surface area contributed by atoms with Crippen LogP contribution in [0, 0.1) is 0 Å². The van der Waals surface area contributed by atoms with Gasteiger partial charge in [0, 0.05) is 22.3 Å². The summed E-state index contributed by atoms with van der Waals surface area (Å²) in [6.45, 7) is 0. The topological polar surface area (TPSA) is 27.1 Å². The highest BCUT2D eigenvalue weighted by Crippen LogP contribution is 2.26. The Balaban J connectivity index is 1.60. The summed E-state index contributed by atoms with van der Waals surface area (Å²) in [6, 6.07) is 25.9. The molecule has 0 saturated carbocycles. The van der Waals surface area contributed by atoms with Gasteiger partial charge in [-0.25, -0.2) is 4.68 Å². The van der Waals surface area contributed by atoms with E-state index < -0.39 is 0 Å². The van der Waals surface area contributed by atoms with Gasteiger partial charge < -0.3 is 4.74 Å². The van der Waals surface area contributed by atoms with Crippen molar-refractivity contribution in [1.29, 1.82) is 0 Å². The normalized spacial score (nSPS) is 10.6. The molecule has 0 fully saturated rings. The average Bonchev–Trinajstić information content (AvgIpc) is 3.13. The first kappa shape index (κ1) is 15.7. The highest BCUT2D eigenvalue weighted by Gasteiger charge is 2.05. The van der Waals surface area contributed by atoms with Crippen LogP contribution in [0.4, 0.5) is 0 Å². The Morgan fingerprint density at radius 1 is 0.760 bits per heavy atom. The van der Waals surface area contributed by atoms with Crippen LogP contribution in [0.15, 0.2) is 95.7 Å². The molecule has 0 aliphatic carbocycles. The van der Waals surface area contributed by atoms with Crippen LogP contribution in [0.3, 0.4) is 0 Å². The molecule has 4 rings (SSSR count). The van der Waals surface area contributed by atoms with Crippen molar-refractivity contribution in [2.24, 2.45) is 0 Å². The number of rotatable bonds is 4. The highest BCUT2D eigenvalue weighted by atomic mass is 79.9. The summed E-state index contributed by atoms with van der Waals surface area (Å²) in [4.78, 5) is 0. The molecule has 3 aromatic carbocycles. The van der Waals surface area contributed by atoms with E-state index in [1.54, 1.807) is 0 Å². The third-order valence-electron chi connectivity index (χ3n) is 3.80. The third-order valence-corrected chi connectivity index (χ3v) is 4.30. The minimum absolute atomic E-state index is 0.771. The molecule has 3 nitrogen and oxygen atoms in total. The first-order valence-corrected chi connectivity index (χ1v) is 8.71. The molecule has 0 spiro atoms. The fraction of sp³-hybridized carbons (Fsp3) is 0. The molecular formula is C21H15BrN2O. The average molecular weight is 391 g/mol. The second-order valence-corrected chi connectivity index (χ2v) is 6.51. The maximum absolute atomic E-state index is 5.94. The fourth-order valence-electron chi connectivity index (χ4n) is 2.60. The monoisotopic (exact) mass is 390 g/mol. The van der Waals surface area contributed by atoms with Gasteiger partial charge in [0.2, 0.25) is 0 Å². The van der Waals surface area contributed by atoms with Crippen molar-refractivity contribution >= 4 is 15.9 Å². The lowest BCUT2D eigenvalue weighted by Crippen LogP contribution is -1.94. The van der Waals surface area contributed by atoms with Crippen LogP contribution in [0.25, 0.3) is 16.8 Å². The number of hydrogen-bond donors (Lipinski definition) is 0. The van der Waals surface area contributed by atoms with Crippen molar-refractivity contribution in [3.8, 4) is 28.3 Å². The van der Waals surface area contributed by atoms with E-state index in [4.69, 9.17) is 4.74 Å². The van der Waals surface area contributed by atoms with Gasteiger partial charge in [0.1, 0.15) is 11.5 Å². The Morgan fingerprint density at radius 3 is 2.32 bits per heavy atom. The molecule has 4 heteroatoms. The van der Waals surface area contributed by atoms with Crippen molar-refractivity contribution in [2.75, 3.05) is 0 Å². The van der Waals surface area contributed by atoms with Gasteiger partial charge in [-0.15, -0.1) is 0 Å². The van der Waals surface area contributed by atoms with Gasteiger partial charge in [0.15, 0.2) is 0 Å². The van der Waals surface area contributed by atoms with Crippen LogP contribution in [-0.2, 0) is 0 Å². The summed E-state index contributed by atoms with van der Waals surface area (Å²) in [5.41, 5.74) is 3.18. The van der Waals surface area contributed by atoms with Crippen molar-refractivity contribution in [2.45, 2.75) is 0 Å². The molecule has 0 N–H and O–H groups in total. The highest BCUT2D eigenvalue weighted by molar-refractivity contribution is 9.10. The quantitative estimate of drug-likeness (QED) is 0.421. The number of benzene rings is 3. The van der Waals surface area contributed by atoms with Crippen LogP contribution in [0.5, 0.6) is 11.5 Å². The van der Waals surface area contributed by atoms with Crippen LogP contribution < -0.4 is 4.74 Å². The molecule has 122 valence electrons. The summed E-state index contributed by atoms with van der Waals surface area (Å²) >= 11 is 3.46. The Kier molecular flexibility index (Phi) is 4.36. The smallest absolute Gasteiger partial charge is 0.129 e. The van der Waals surface area contributed by atoms with Gasteiger partial charge in [-0.05, 0) is 35.9 Å². The van der Waals surface area contributed by atoms with Gasteiger partial charge in [-0.3, -0.25) is 0 Å². The number of hydrogen-bond acceptors (Lipinski definition) is 2. The van der Waals surface area contributed by atoms with E-state index in [1.165, 1.54) is 0 Å². The minimum atomic E-state index is 0.771. The van der Waals surface area contributed by atoms with E-state index in [9.17, 15) is 0 Å². The van der Waals surface area contributed by atoms with Crippen molar-refractivity contribution < 1.29 is 4.74 Å². The van der Waals surface area contributed by atoms with Gasteiger partial charge in [0.25, 0.3) is 0 Å². The zero-order valence-corrected chi connectivity index (χ0v) is 14.9. The summed E-state index contributed by atoms with van der Waals surface area (Å²) in [7, 11) is 0. The lowest BCUT2D eigenvalue weighted by Gasteiger charge is -2.08. The van der Waals surface area contributed by atoms with E-state index in [1.807, 2.05) is 83.8 Å². The molecule has 4 aromatic rings. The maximum Gasteiger partial charge on any atom is 0.129 e. The molecule has 0 aliphatic rings. The number of nitrogens with zero attached hydrogens (tertiary/aromatic N) is 2. The zero-order valence-electron chi connectivity index (χ0n) is 13.3. The molecule has 0 radical (unpaired) electrons. The second kappa shape index (κ2) is 6.95. The van der Waals surface area contributed by atoms with E-state index >= 15 is 0 Å². The molecule has 1 aromatic heterocycles. The predicted octanol–water partition coefficient (Wildman–Crippen LogP) is 6.09. The molecule has 1 heterocycles. The van der Waals surface area contributed by atoms with E-state index in [0.717, 1.165) is 32.8 Å². The summed E-state index contributed by atoms with van der Waals surface area (Å²) < 4.78 is 8.79. The van der Waals surface area contributed by atoms with Crippen molar-refractivity contribution in [3.63, 3.8) is 0 Å². The Bertz CT molecular complexity index is 995. The van der Waals surface area contributed by atoms with Crippen LogP contribution in [0.2, 0.25) is 0 Å². The van der Waals surface area contributed by atoms with Crippen molar-refractivity contribution in [3.05, 3.63) is 95.7 Å². The third kappa shape index (κ3) is 3.64. The van der Waals surface area contributed by atoms with Crippen LogP contribution in [-0.4, -0.2) is 9.78 Å². The fourth-order valence-corrected chi connectivity index (χ4v) is 2.98. The second-order valence-electron chi connectivity index (χ2n) is 5.60. The number of aromatic nitrogens is 2. The SMILES string of the molecule is Brc1cccc(Oc2cccc(-n3cc(-c4ccccc4)cn3)c2)c1. The minimum Gasteiger partial charge on any atom is -0.457 e. The standard InChI is InChI=1S/C21H15BrN2O/c22-18-8-4-10-20(12-18)25-21-11-5-9-19(13-21)24-15-17(14-23-24)16-6-2-1-3-7-16/h1-15H. The Labute approximate surface area is 154 Å². The molecular weight excluding hydrogens is 376 g/mol. The predicted molar refractivity (Wildman–Crippen MR) is 103 cm³/mol. The molecule has 25 heavy (non-hydrogen) atoms. The van der Waals surface area contributed by atoms with Gasteiger partial charge >= 0.3 is 0 Å². The molecule has 0 saturated heterocycles. The van der Waals surface area contributed by atoms with Crippen LogP contribution >= 0.6 is 15.9 Å². The van der Waals surface area contributed by atoms with Crippen molar-refractivity contribution in [1.82, 2.24) is 9.78 Å². The zero-order chi connectivity index (χ0) is 17.1. The van der Waals surface area contributed by atoms with Gasteiger partial charge in [-0.2, -0.15) is 5.10 Å². The molecule has 0 amide bonds. The van der Waals surface area contributed by atoms with E-state index in [0.29, 0.717) is 0 Å². The van der Waals surface area contributed by atoms with Gasteiger partial charge in [-0.1, -0.05) is 58.4 Å². The summed E-state index contributed by atoms with van der Waals surface area (Å²) in [5.74, 6) is 1.56. The first-order valence-electron chi connectivity index (χ1n) is 7.92. The van der Waals surface area contributed by atoms with E-state index in [-0.39, 0.29) is 0 Å². The lowest BCUT2D eigenvalue weighted by atomic mass is 10.1. The van der Waals surface area contributed by atoms with Gasteiger partial charge in [0.05, 0.1) is 11.9 Å². The van der Waals surface area contributed by atoms with E-state index in [2.05, 4.69) is 33.2 Å². The molecule has 0 atom stereocenters. The maximum atomic E-state index is 5.94. The lowest BCUT2D eigenvalue weighted by molar-refractivity contribution is 0.482. The Morgan fingerprint density at radius 2 is 1.52 bits per heavy atom. The molecule has 0 bridgehead atoms. The van der Waals surface area contributed by atoms with Crippen LogP contribution in [0.1, 0.15) is 0 Å². The first-order chi connectivity index (χ1) is 12.3. The summed E-state index contributed by atoms with van der Waals surface area (Å²) in [5, 5.41) is 4.48. The number of ether oxygens (including phenoxy) is 1.